The number of rotatable bonds is 3. The molecule has 1 aliphatic rings. The molecule has 1 heterocycles. The fraction of sp³-hybridized carbons (Fsp3) is 0.312. The molecule has 0 N–H and O–H groups in total. The van der Waals surface area contributed by atoms with Gasteiger partial charge in [-0.15, -0.1) is 0 Å². The Morgan fingerprint density at radius 2 is 2.05 bits per heavy atom. The fourth-order valence-corrected chi connectivity index (χ4v) is 2.35. The van der Waals surface area contributed by atoms with Crippen molar-refractivity contribution in [3.05, 3.63) is 48.0 Å². The summed E-state index contributed by atoms with van der Waals surface area (Å²) in [6.45, 7) is 1.22. The van der Waals surface area contributed by atoms with Gasteiger partial charge in [0, 0.05) is 6.42 Å². The van der Waals surface area contributed by atoms with Crippen LogP contribution in [-0.2, 0) is 20.7 Å². The molecular formula is C16H16O3. The van der Waals surface area contributed by atoms with Gasteiger partial charge in [-0.25, -0.2) is 0 Å². The number of fused-ring (bicyclic) bond motifs is 1. The van der Waals surface area contributed by atoms with Crippen molar-refractivity contribution in [1.29, 1.82) is 0 Å². The maximum Gasteiger partial charge on any atom is 0.310 e. The summed E-state index contributed by atoms with van der Waals surface area (Å²) in [5.74, 6) is -0.175. The Balaban J connectivity index is 1.68. The van der Waals surface area contributed by atoms with Crippen LogP contribution in [-0.4, -0.2) is 25.3 Å². The zero-order valence-corrected chi connectivity index (χ0v) is 10.7. The van der Waals surface area contributed by atoms with E-state index in [1.54, 1.807) is 0 Å². The zero-order valence-electron chi connectivity index (χ0n) is 10.7. The molecule has 3 nitrogen and oxygen atoms in total. The van der Waals surface area contributed by atoms with E-state index >= 15 is 0 Å². The quantitative estimate of drug-likeness (QED) is 0.792. The number of carbonyl (C=O) groups is 1. The van der Waals surface area contributed by atoms with Crippen molar-refractivity contribution in [2.45, 2.75) is 18.9 Å². The highest BCUT2D eigenvalue weighted by Gasteiger charge is 2.19. The third kappa shape index (κ3) is 2.93. The lowest BCUT2D eigenvalue weighted by Gasteiger charge is -2.10. The second kappa shape index (κ2) is 5.41. The molecule has 1 aliphatic heterocycles. The van der Waals surface area contributed by atoms with E-state index in [4.69, 9.17) is 9.47 Å². The third-order valence-corrected chi connectivity index (χ3v) is 3.35. The molecule has 1 saturated heterocycles. The Morgan fingerprint density at radius 1 is 1.21 bits per heavy atom. The first-order valence-corrected chi connectivity index (χ1v) is 6.56. The Bertz CT molecular complexity index is 585. The van der Waals surface area contributed by atoms with Crippen molar-refractivity contribution < 1.29 is 14.3 Å². The first-order valence-electron chi connectivity index (χ1n) is 6.56. The average molecular weight is 256 g/mol. The number of esters is 1. The van der Waals surface area contributed by atoms with E-state index in [9.17, 15) is 4.79 Å². The number of hydrogen-bond acceptors (Lipinski definition) is 3. The van der Waals surface area contributed by atoms with E-state index in [0.717, 1.165) is 17.4 Å². The zero-order chi connectivity index (χ0) is 13.1. The molecule has 0 spiro atoms. The topological polar surface area (TPSA) is 35.5 Å². The molecular weight excluding hydrogens is 240 g/mol. The number of carbonyl (C=O) groups excluding carboxylic acids is 1. The van der Waals surface area contributed by atoms with Crippen molar-refractivity contribution in [3.63, 3.8) is 0 Å². The second-order valence-corrected chi connectivity index (χ2v) is 4.83. The van der Waals surface area contributed by atoms with Gasteiger partial charge in [0.15, 0.2) is 0 Å². The molecule has 0 radical (unpaired) electrons. The van der Waals surface area contributed by atoms with Crippen molar-refractivity contribution in [1.82, 2.24) is 0 Å². The minimum Gasteiger partial charge on any atom is -0.460 e. The molecule has 3 heteroatoms. The number of hydrogen-bond donors (Lipinski definition) is 0. The van der Waals surface area contributed by atoms with E-state index in [0.29, 0.717) is 19.6 Å². The van der Waals surface area contributed by atoms with Crippen LogP contribution in [0, 0.1) is 0 Å². The molecule has 2 aromatic rings. The molecule has 1 atom stereocenters. The van der Waals surface area contributed by atoms with E-state index in [2.05, 4.69) is 12.1 Å². The Kier molecular flexibility index (Phi) is 3.47. The summed E-state index contributed by atoms with van der Waals surface area (Å²) in [6, 6.07) is 14.2. The minimum absolute atomic E-state index is 0.0621. The SMILES string of the molecule is O=C(Cc1ccc2ccccc2c1)O[C@@H]1CCOC1. The van der Waals surface area contributed by atoms with Crippen LogP contribution in [0.4, 0.5) is 0 Å². The van der Waals surface area contributed by atoms with Crippen LogP contribution in [0.3, 0.4) is 0 Å². The van der Waals surface area contributed by atoms with Crippen LogP contribution in [0.25, 0.3) is 10.8 Å². The average Bonchev–Trinajstić information content (AvgIpc) is 2.91. The number of ether oxygens (including phenoxy) is 2. The number of benzene rings is 2. The molecule has 0 aromatic heterocycles. The monoisotopic (exact) mass is 256 g/mol. The summed E-state index contributed by atoms with van der Waals surface area (Å²) < 4.78 is 10.6. The highest BCUT2D eigenvalue weighted by molar-refractivity contribution is 5.84. The Labute approximate surface area is 112 Å². The minimum atomic E-state index is -0.175. The Hall–Kier alpha value is -1.87. The molecule has 19 heavy (non-hydrogen) atoms. The Morgan fingerprint density at radius 3 is 2.84 bits per heavy atom. The van der Waals surface area contributed by atoms with E-state index in [1.807, 2.05) is 30.3 Å². The molecule has 0 unspecified atom stereocenters. The van der Waals surface area contributed by atoms with Crippen molar-refractivity contribution in [3.8, 4) is 0 Å². The van der Waals surface area contributed by atoms with Crippen molar-refractivity contribution >= 4 is 16.7 Å². The largest absolute Gasteiger partial charge is 0.460 e. The predicted molar refractivity (Wildman–Crippen MR) is 73.0 cm³/mol. The van der Waals surface area contributed by atoms with Crippen molar-refractivity contribution in [2.75, 3.05) is 13.2 Å². The van der Waals surface area contributed by atoms with Crippen molar-refractivity contribution in [2.24, 2.45) is 0 Å². The van der Waals surface area contributed by atoms with Gasteiger partial charge in [0.1, 0.15) is 6.10 Å². The van der Waals surface area contributed by atoms with Gasteiger partial charge in [0.25, 0.3) is 0 Å². The maximum atomic E-state index is 11.8. The first kappa shape index (κ1) is 12.2. The molecule has 0 saturated carbocycles. The standard InChI is InChI=1S/C16H16O3/c17-16(19-15-7-8-18-11-15)10-12-5-6-13-3-1-2-4-14(13)9-12/h1-6,9,15H,7-8,10-11H2/t15-/m1/s1. The molecule has 0 amide bonds. The lowest BCUT2D eigenvalue weighted by Crippen LogP contribution is -2.19. The van der Waals surface area contributed by atoms with Crippen LogP contribution in [0.15, 0.2) is 42.5 Å². The van der Waals surface area contributed by atoms with E-state index < -0.39 is 0 Å². The third-order valence-electron chi connectivity index (χ3n) is 3.35. The van der Waals surface area contributed by atoms with Gasteiger partial charge in [0.2, 0.25) is 0 Å². The van der Waals surface area contributed by atoms with Crippen LogP contribution >= 0.6 is 0 Å². The molecule has 0 aliphatic carbocycles. The normalized spacial score (nSPS) is 18.6. The second-order valence-electron chi connectivity index (χ2n) is 4.83. The van der Waals surface area contributed by atoms with Gasteiger partial charge in [0.05, 0.1) is 19.6 Å². The summed E-state index contributed by atoms with van der Waals surface area (Å²) in [4.78, 5) is 11.8. The van der Waals surface area contributed by atoms with Gasteiger partial charge >= 0.3 is 5.97 Å². The van der Waals surface area contributed by atoms with Crippen LogP contribution < -0.4 is 0 Å². The molecule has 98 valence electrons. The predicted octanol–water partition coefficient (Wildman–Crippen LogP) is 2.71. The van der Waals surface area contributed by atoms with Gasteiger partial charge in [-0.2, -0.15) is 0 Å². The first-order chi connectivity index (χ1) is 9.31. The summed E-state index contributed by atoms with van der Waals surface area (Å²) in [7, 11) is 0. The van der Waals surface area contributed by atoms with Gasteiger partial charge in [-0.3, -0.25) is 4.79 Å². The van der Waals surface area contributed by atoms with E-state index in [1.165, 1.54) is 5.39 Å². The highest BCUT2D eigenvalue weighted by atomic mass is 16.6. The molecule has 0 bridgehead atoms. The molecule has 2 aromatic carbocycles. The van der Waals surface area contributed by atoms with Gasteiger partial charge in [-0.1, -0.05) is 42.5 Å². The summed E-state index contributed by atoms with van der Waals surface area (Å²) in [5, 5.41) is 2.33. The molecule has 3 rings (SSSR count). The fourth-order valence-electron chi connectivity index (χ4n) is 2.35. The van der Waals surface area contributed by atoms with Gasteiger partial charge in [-0.05, 0) is 16.3 Å². The lowest BCUT2D eigenvalue weighted by molar-refractivity contribution is -0.148. The highest BCUT2D eigenvalue weighted by Crippen LogP contribution is 2.17. The van der Waals surface area contributed by atoms with Crippen LogP contribution in [0.5, 0.6) is 0 Å². The lowest BCUT2D eigenvalue weighted by atomic mass is 10.1. The maximum absolute atomic E-state index is 11.8. The smallest absolute Gasteiger partial charge is 0.310 e. The van der Waals surface area contributed by atoms with Gasteiger partial charge < -0.3 is 9.47 Å². The summed E-state index contributed by atoms with van der Waals surface area (Å²) in [5.41, 5.74) is 0.989. The molecule has 1 fully saturated rings. The van der Waals surface area contributed by atoms with Crippen LogP contribution in [0.1, 0.15) is 12.0 Å². The van der Waals surface area contributed by atoms with E-state index in [-0.39, 0.29) is 12.1 Å². The summed E-state index contributed by atoms with van der Waals surface area (Å²) in [6.07, 6.45) is 1.07. The summed E-state index contributed by atoms with van der Waals surface area (Å²) >= 11 is 0. The van der Waals surface area contributed by atoms with Crippen LogP contribution in [0.2, 0.25) is 0 Å².